The van der Waals surface area contributed by atoms with E-state index < -0.39 is 25.9 Å². The van der Waals surface area contributed by atoms with E-state index in [9.17, 15) is 16.8 Å². The van der Waals surface area contributed by atoms with Gasteiger partial charge in [0, 0.05) is 12.3 Å². The van der Waals surface area contributed by atoms with Gasteiger partial charge in [-0.15, -0.1) is 0 Å². The van der Waals surface area contributed by atoms with Crippen LogP contribution in [0.2, 0.25) is 0 Å². The molecule has 5 nitrogen and oxygen atoms in total. The standard InChI is InChI=1S/C5H12BrNO4S2/c1-5(3-12(2,8)9)7-13(10,11)4-6/h5,7H,3-4H2,1-2H3. The SMILES string of the molecule is CC(CS(C)(=O)=O)NS(=O)(=O)CBr. The third kappa shape index (κ3) is 7.41. The van der Waals surface area contributed by atoms with E-state index in [1.165, 1.54) is 6.92 Å². The Bertz CT molecular complexity index is 347. The van der Waals surface area contributed by atoms with Gasteiger partial charge in [0.05, 0.1) is 5.75 Å². The molecule has 1 N–H and O–H groups in total. The minimum atomic E-state index is -3.39. The van der Waals surface area contributed by atoms with Gasteiger partial charge in [-0.25, -0.2) is 21.6 Å². The highest BCUT2D eigenvalue weighted by molar-refractivity contribution is 9.10. The monoisotopic (exact) mass is 293 g/mol. The highest BCUT2D eigenvalue weighted by Gasteiger charge is 2.16. The first-order chi connectivity index (χ1) is 5.66. The summed E-state index contributed by atoms with van der Waals surface area (Å²) in [6.07, 6.45) is 1.06. The Morgan fingerprint density at radius 3 is 2.08 bits per heavy atom. The van der Waals surface area contributed by atoms with Crippen molar-refractivity contribution in [1.29, 1.82) is 0 Å². The van der Waals surface area contributed by atoms with Gasteiger partial charge in [-0.2, -0.15) is 0 Å². The molecule has 1 unspecified atom stereocenters. The first-order valence-electron chi connectivity index (χ1n) is 3.40. The fourth-order valence-electron chi connectivity index (χ4n) is 0.826. The molecule has 0 heterocycles. The molecule has 0 saturated heterocycles. The van der Waals surface area contributed by atoms with Crippen LogP contribution in [0.4, 0.5) is 0 Å². The lowest BCUT2D eigenvalue weighted by molar-refractivity contribution is 0.568. The van der Waals surface area contributed by atoms with Crippen LogP contribution >= 0.6 is 15.9 Å². The molecule has 0 rings (SSSR count). The van der Waals surface area contributed by atoms with E-state index in [1.54, 1.807) is 0 Å². The summed E-state index contributed by atoms with van der Waals surface area (Å²) < 4.78 is 45.4. The molecule has 80 valence electrons. The van der Waals surface area contributed by atoms with Crippen LogP contribution in [0.1, 0.15) is 6.92 Å². The van der Waals surface area contributed by atoms with Gasteiger partial charge in [0.2, 0.25) is 10.0 Å². The third-order valence-corrected chi connectivity index (χ3v) is 5.04. The summed E-state index contributed by atoms with van der Waals surface area (Å²) in [6, 6.07) is -0.599. The minimum Gasteiger partial charge on any atom is -0.229 e. The van der Waals surface area contributed by atoms with Gasteiger partial charge in [0.25, 0.3) is 0 Å². The summed E-state index contributed by atoms with van der Waals surface area (Å²) in [6.45, 7) is 1.50. The molecule has 0 radical (unpaired) electrons. The molecule has 0 fully saturated rings. The van der Waals surface area contributed by atoms with Crippen LogP contribution in [-0.2, 0) is 19.9 Å². The summed E-state index contributed by atoms with van der Waals surface area (Å²) in [5.74, 6) is -0.195. The Morgan fingerprint density at radius 2 is 1.77 bits per heavy atom. The molecule has 8 heteroatoms. The average molecular weight is 294 g/mol. The van der Waals surface area contributed by atoms with Gasteiger partial charge in [0.1, 0.15) is 14.5 Å². The first-order valence-corrected chi connectivity index (χ1v) is 8.23. The Morgan fingerprint density at radius 1 is 1.31 bits per heavy atom. The molecule has 0 aliphatic heterocycles. The van der Waals surface area contributed by atoms with E-state index in [2.05, 4.69) is 20.7 Å². The largest absolute Gasteiger partial charge is 0.229 e. The number of sulfone groups is 1. The summed E-state index contributed by atoms with van der Waals surface area (Å²) in [5, 5.41) is 0. The van der Waals surface area contributed by atoms with Gasteiger partial charge in [-0.05, 0) is 6.92 Å². The number of rotatable bonds is 5. The van der Waals surface area contributed by atoms with Crippen molar-refractivity contribution in [2.24, 2.45) is 0 Å². The van der Waals surface area contributed by atoms with Crippen LogP contribution in [0.5, 0.6) is 0 Å². The Hall–Kier alpha value is 0.340. The fourth-order valence-corrected chi connectivity index (χ4v) is 3.08. The maximum absolute atomic E-state index is 10.9. The number of nitrogens with one attached hydrogen (secondary N) is 1. The maximum Gasteiger partial charge on any atom is 0.221 e. The Kier molecular flexibility index (Phi) is 4.84. The molecule has 0 aliphatic rings. The second-order valence-corrected chi connectivity index (χ2v) is 8.08. The van der Waals surface area contributed by atoms with E-state index in [1.807, 2.05) is 0 Å². The molecular weight excluding hydrogens is 282 g/mol. The zero-order valence-electron chi connectivity index (χ0n) is 7.32. The van der Waals surface area contributed by atoms with Gasteiger partial charge in [-0.3, -0.25) is 0 Å². The van der Waals surface area contributed by atoms with E-state index in [4.69, 9.17) is 0 Å². The Balaban J connectivity index is 4.27. The predicted octanol–water partition coefficient (Wildman–Crippen LogP) is -0.309. The summed E-state index contributed by atoms with van der Waals surface area (Å²) in [7, 11) is -6.54. The molecule has 1 atom stereocenters. The van der Waals surface area contributed by atoms with Crippen molar-refractivity contribution in [2.45, 2.75) is 13.0 Å². The summed E-state index contributed by atoms with van der Waals surface area (Å²) in [4.78, 5) is 0. The predicted molar refractivity (Wildman–Crippen MR) is 55.0 cm³/mol. The number of alkyl halides is 1. The molecular formula is C5H12BrNO4S2. The second kappa shape index (κ2) is 4.72. The van der Waals surface area contributed by atoms with Crippen molar-refractivity contribution in [1.82, 2.24) is 4.72 Å². The van der Waals surface area contributed by atoms with Crippen molar-refractivity contribution in [2.75, 3.05) is 16.7 Å². The molecule has 0 aliphatic carbocycles. The normalized spacial score (nSPS) is 15.6. The van der Waals surface area contributed by atoms with Crippen LogP contribution < -0.4 is 4.72 Å². The van der Waals surface area contributed by atoms with Crippen LogP contribution in [0.15, 0.2) is 0 Å². The van der Waals surface area contributed by atoms with Gasteiger partial charge in [0.15, 0.2) is 0 Å². The van der Waals surface area contributed by atoms with Crippen molar-refractivity contribution in [3.05, 3.63) is 0 Å². The van der Waals surface area contributed by atoms with E-state index in [-0.39, 0.29) is 10.4 Å². The van der Waals surface area contributed by atoms with Crippen LogP contribution in [0.3, 0.4) is 0 Å². The van der Waals surface area contributed by atoms with Crippen LogP contribution in [0.25, 0.3) is 0 Å². The van der Waals surface area contributed by atoms with Crippen molar-refractivity contribution >= 4 is 35.8 Å². The second-order valence-electron chi connectivity index (χ2n) is 2.84. The zero-order valence-corrected chi connectivity index (χ0v) is 10.5. The fraction of sp³-hybridized carbons (Fsp3) is 1.00. The zero-order chi connectivity index (χ0) is 10.7. The van der Waals surface area contributed by atoms with Crippen molar-refractivity contribution in [3.63, 3.8) is 0 Å². The van der Waals surface area contributed by atoms with Gasteiger partial charge >= 0.3 is 0 Å². The average Bonchev–Trinajstić information content (AvgIpc) is 1.81. The highest BCUT2D eigenvalue weighted by atomic mass is 79.9. The molecule has 13 heavy (non-hydrogen) atoms. The summed E-state index contributed by atoms with van der Waals surface area (Å²) >= 11 is 2.78. The first kappa shape index (κ1) is 13.3. The number of hydrogen-bond donors (Lipinski definition) is 1. The minimum absolute atomic E-state index is 0.195. The lowest BCUT2D eigenvalue weighted by atomic mass is 10.4. The van der Waals surface area contributed by atoms with E-state index in [0.29, 0.717) is 0 Å². The quantitative estimate of drug-likeness (QED) is 0.705. The lowest BCUT2D eigenvalue weighted by Crippen LogP contribution is -2.37. The van der Waals surface area contributed by atoms with Crippen LogP contribution in [0, 0.1) is 0 Å². The van der Waals surface area contributed by atoms with Gasteiger partial charge < -0.3 is 0 Å². The number of halogens is 1. The third-order valence-electron chi connectivity index (χ3n) is 1.08. The molecule has 0 saturated carbocycles. The molecule has 0 aromatic heterocycles. The summed E-state index contributed by atoms with van der Waals surface area (Å²) in [5.41, 5.74) is 0. The van der Waals surface area contributed by atoms with Crippen LogP contribution in [-0.4, -0.2) is 39.5 Å². The van der Waals surface area contributed by atoms with Crippen molar-refractivity contribution in [3.8, 4) is 0 Å². The topological polar surface area (TPSA) is 80.3 Å². The van der Waals surface area contributed by atoms with Gasteiger partial charge in [-0.1, -0.05) is 15.9 Å². The molecule has 0 amide bonds. The Labute approximate surface area is 87.0 Å². The number of hydrogen-bond acceptors (Lipinski definition) is 4. The highest BCUT2D eigenvalue weighted by Crippen LogP contribution is 1.96. The molecule has 0 bridgehead atoms. The smallest absolute Gasteiger partial charge is 0.221 e. The maximum atomic E-state index is 10.9. The molecule has 0 aromatic carbocycles. The van der Waals surface area contributed by atoms with E-state index >= 15 is 0 Å². The number of sulfonamides is 1. The lowest BCUT2D eigenvalue weighted by Gasteiger charge is -2.10. The van der Waals surface area contributed by atoms with Crippen molar-refractivity contribution < 1.29 is 16.8 Å². The molecule has 0 spiro atoms. The van der Waals surface area contributed by atoms with E-state index in [0.717, 1.165) is 6.26 Å². The molecule has 0 aromatic rings.